The van der Waals surface area contributed by atoms with E-state index in [0.717, 1.165) is 96.0 Å². The fraction of sp³-hybridized carbons (Fsp3) is 0.102. The average molecular weight is 800 g/mol. The highest BCUT2D eigenvalue weighted by atomic mass is 14.9. The van der Waals surface area contributed by atoms with E-state index in [4.69, 9.17) is 15.0 Å². The van der Waals surface area contributed by atoms with Crippen LogP contribution in [0.1, 0.15) is 61.9 Å². The lowest BCUT2D eigenvalue weighted by molar-refractivity contribution is 1.15. The molecule has 1 aromatic heterocycles. The first kappa shape index (κ1) is 41.1. The molecule has 0 aliphatic carbocycles. The van der Waals surface area contributed by atoms with Gasteiger partial charge in [-0.3, -0.25) is 0 Å². The molecule has 8 aromatic rings. The van der Waals surface area contributed by atoms with Crippen molar-refractivity contribution in [1.29, 1.82) is 0 Å². The summed E-state index contributed by atoms with van der Waals surface area (Å²) in [5.74, 6) is 7.41. The van der Waals surface area contributed by atoms with E-state index in [2.05, 4.69) is 203 Å². The number of rotatable bonds is 11. The topological polar surface area (TPSA) is 38.1 Å². The van der Waals surface area contributed by atoms with Gasteiger partial charge in [0.05, 0.1) is 22.8 Å². The molecule has 0 aliphatic rings. The monoisotopic (exact) mass is 799 g/mol. The molecule has 300 valence electrons. The number of nitrogens with zero attached hydrogens (tertiary/aromatic N) is 3. The molecule has 0 bridgehead atoms. The molecule has 0 fully saturated rings. The van der Waals surface area contributed by atoms with Gasteiger partial charge in [-0.05, 0) is 78.6 Å². The van der Waals surface area contributed by atoms with Crippen molar-refractivity contribution < 1.29 is 0 Å². The number of benzene rings is 7. The lowest BCUT2D eigenvalue weighted by atomic mass is 9.90. The Morgan fingerprint density at radius 1 is 0.516 bits per heavy atom. The molecule has 0 atom stereocenters. The fourth-order valence-electron chi connectivity index (χ4n) is 7.90. The minimum absolute atomic E-state index is 0.707. The van der Waals surface area contributed by atoms with Crippen molar-refractivity contribution in [3.05, 3.63) is 228 Å². The number of hydrogen-bond acceptors (Lipinski definition) is 3. The van der Waals surface area contributed by atoms with E-state index in [1.807, 2.05) is 37.3 Å². The van der Waals surface area contributed by atoms with Crippen LogP contribution in [0.2, 0.25) is 0 Å². The van der Waals surface area contributed by atoms with E-state index < -0.39 is 0 Å². The van der Waals surface area contributed by atoms with Crippen molar-refractivity contribution in [2.24, 2.45) is 4.99 Å². The molecule has 0 N–H and O–H groups in total. The Morgan fingerprint density at radius 2 is 0.984 bits per heavy atom. The number of aliphatic imine (C=N–C) groups is 1. The Bertz CT molecular complexity index is 2970. The molecule has 0 radical (unpaired) electrons. The summed E-state index contributed by atoms with van der Waals surface area (Å²) >= 11 is 0. The van der Waals surface area contributed by atoms with Crippen LogP contribution in [-0.2, 0) is 0 Å². The van der Waals surface area contributed by atoms with Crippen LogP contribution < -0.4 is 0 Å². The minimum Gasteiger partial charge on any atom is -0.248 e. The van der Waals surface area contributed by atoms with Gasteiger partial charge < -0.3 is 0 Å². The maximum Gasteiger partial charge on any atom is 0.160 e. The number of allylic oxidation sites excluding steroid dienone is 3. The second kappa shape index (κ2) is 19.1. The molecular formula is C59H49N3. The highest BCUT2D eigenvalue weighted by Gasteiger charge is 2.18. The van der Waals surface area contributed by atoms with E-state index >= 15 is 0 Å². The first-order valence-corrected chi connectivity index (χ1v) is 21.3. The second-order valence-electron chi connectivity index (χ2n) is 15.3. The predicted molar refractivity (Wildman–Crippen MR) is 262 cm³/mol. The zero-order valence-corrected chi connectivity index (χ0v) is 36.0. The zero-order chi connectivity index (χ0) is 42.8. The molecule has 0 amide bonds. The van der Waals surface area contributed by atoms with Crippen LogP contribution in [-0.4, -0.2) is 15.7 Å². The smallest absolute Gasteiger partial charge is 0.160 e. The number of aromatic nitrogens is 2. The van der Waals surface area contributed by atoms with Crippen LogP contribution in [0.4, 0.5) is 0 Å². The van der Waals surface area contributed by atoms with E-state index in [0.29, 0.717) is 5.82 Å². The van der Waals surface area contributed by atoms with E-state index in [-0.39, 0.29) is 0 Å². The maximum absolute atomic E-state index is 5.42. The summed E-state index contributed by atoms with van der Waals surface area (Å²) in [5, 5.41) is 0. The van der Waals surface area contributed by atoms with Crippen molar-refractivity contribution in [3.63, 3.8) is 0 Å². The summed E-state index contributed by atoms with van der Waals surface area (Å²) in [7, 11) is 0. The molecule has 8 rings (SSSR count). The SMILES string of the molecule is CC#Cc1c(-c2ccc(C(=N\C(=C\CC)c3ccccc3)/C(C)=C(\C)c3ccccc3)cc2)cccc1-c1ccc(-c2nc(-c3ccccc3)nc(-c3ccccc3)c2C)cc1. The molecule has 3 heteroatoms. The summed E-state index contributed by atoms with van der Waals surface area (Å²) in [6, 6.07) is 65.6. The number of hydrogen-bond donors (Lipinski definition) is 0. The lowest BCUT2D eigenvalue weighted by Crippen LogP contribution is -2.06. The van der Waals surface area contributed by atoms with Crippen molar-refractivity contribution in [3.8, 4) is 68.0 Å². The fourth-order valence-corrected chi connectivity index (χ4v) is 7.90. The first-order chi connectivity index (χ1) is 30.4. The Hall–Kier alpha value is -7.67. The predicted octanol–water partition coefficient (Wildman–Crippen LogP) is 15.2. The average Bonchev–Trinajstić information content (AvgIpc) is 3.34. The molecule has 0 aliphatic heterocycles. The summed E-state index contributed by atoms with van der Waals surface area (Å²) in [6.07, 6.45) is 3.09. The van der Waals surface area contributed by atoms with Gasteiger partial charge in [0.1, 0.15) is 0 Å². The van der Waals surface area contributed by atoms with Gasteiger partial charge in [-0.25, -0.2) is 15.0 Å². The molecule has 3 nitrogen and oxygen atoms in total. The highest BCUT2D eigenvalue weighted by Crippen LogP contribution is 2.36. The lowest BCUT2D eigenvalue weighted by Gasteiger charge is -2.16. The van der Waals surface area contributed by atoms with Gasteiger partial charge in [0.2, 0.25) is 0 Å². The molecule has 62 heavy (non-hydrogen) atoms. The third kappa shape index (κ3) is 8.92. The summed E-state index contributed by atoms with van der Waals surface area (Å²) in [4.78, 5) is 15.6. The van der Waals surface area contributed by atoms with Gasteiger partial charge in [-0.15, -0.1) is 5.92 Å². The Balaban J connectivity index is 1.17. The van der Waals surface area contributed by atoms with Crippen molar-refractivity contribution in [2.45, 2.75) is 41.0 Å². The van der Waals surface area contributed by atoms with Crippen molar-refractivity contribution >= 4 is 17.0 Å². The summed E-state index contributed by atoms with van der Waals surface area (Å²) < 4.78 is 0. The van der Waals surface area contributed by atoms with Gasteiger partial charge in [-0.1, -0.05) is 207 Å². The van der Waals surface area contributed by atoms with Gasteiger partial charge >= 0.3 is 0 Å². The van der Waals surface area contributed by atoms with Crippen LogP contribution in [0.3, 0.4) is 0 Å². The highest BCUT2D eigenvalue weighted by molar-refractivity contribution is 6.18. The molecule has 0 saturated heterocycles. The summed E-state index contributed by atoms with van der Waals surface area (Å²) in [5.41, 5.74) is 18.9. The van der Waals surface area contributed by atoms with Gasteiger partial charge in [-0.2, -0.15) is 0 Å². The summed E-state index contributed by atoms with van der Waals surface area (Å²) in [6.45, 7) is 10.5. The molecular weight excluding hydrogens is 751 g/mol. The van der Waals surface area contributed by atoms with Crippen LogP contribution in [0.25, 0.3) is 67.4 Å². The van der Waals surface area contributed by atoms with Crippen LogP contribution >= 0.6 is 0 Å². The Labute approximate surface area is 367 Å². The van der Waals surface area contributed by atoms with Crippen molar-refractivity contribution in [2.75, 3.05) is 0 Å². The quantitative estimate of drug-likeness (QED) is 0.0965. The van der Waals surface area contributed by atoms with Crippen molar-refractivity contribution in [1.82, 2.24) is 9.97 Å². The Kier molecular flexibility index (Phi) is 12.7. The largest absolute Gasteiger partial charge is 0.248 e. The van der Waals surface area contributed by atoms with E-state index in [1.54, 1.807) is 0 Å². The van der Waals surface area contributed by atoms with Gasteiger partial charge in [0, 0.05) is 33.4 Å². The Morgan fingerprint density at radius 3 is 1.52 bits per heavy atom. The molecule has 0 spiro atoms. The molecule has 7 aromatic carbocycles. The van der Waals surface area contributed by atoms with E-state index in [1.165, 1.54) is 11.1 Å². The second-order valence-corrected chi connectivity index (χ2v) is 15.3. The molecule has 0 unspecified atom stereocenters. The normalized spacial score (nSPS) is 12.0. The molecule has 1 heterocycles. The van der Waals surface area contributed by atoms with Crippen LogP contribution in [0.15, 0.2) is 205 Å². The third-order valence-corrected chi connectivity index (χ3v) is 11.3. The van der Waals surface area contributed by atoms with Gasteiger partial charge in [0.15, 0.2) is 5.82 Å². The first-order valence-electron chi connectivity index (χ1n) is 21.3. The molecule has 0 saturated carbocycles. The third-order valence-electron chi connectivity index (χ3n) is 11.3. The van der Waals surface area contributed by atoms with Gasteiger partial charge in [0.25, 0.3) is 0 Å². The standard InChI is InChI=1S/C59H49N3/c1-6-21-54-52(45-33-37-49(38-34-45)56(42(4)41(3)44-23-12-8-13-24-44)60-55(22-7-2)47-25-14-9-15-26-47)31-20-32-53(54)46-35-39-50(40-36-46)58-43(5)57(48-27-16-10-17-28-48)61-59(62-58)51-29-18-11-19-30-51/h8-20,22-40H,7H2,1-5H3/b42-41+,55-22+,60-56-. The van der Waals surface area contributed by atoms with Crippen LogP contribution in [0, 0.1) is 18.8 Å². The van der Waals surface area contributed by atoms with Crippen LogP contribution in [0.5, 0.6) is 0 Å². The maximum atomic E-state index is 5.42. The minimum atomic E-state index is 0.707. The van der Waals surface area contributed by atoms with E-state index in [9.17, 15) is 0 Å². The zero-order valence-electron chi connectivity index (χ0n) is 36.0.